The molecule has 0 rings (SSSR count). The van der Waals surface area contributed by atoms with Crippen molar-refractivity contribution in [1.82, 2.24) is 9.80 Å². The summed E-state index contributed by atoms with van der Waals surface area (Å²) in [5.41, 5.74) is 0. The van der Waals surface area contributed by atoms with Gasteiger partial charge >= 0.3 is 0 Å². The number of hydrogen-bond acceptors (Lipinski definition) is 3. The molecule has 15 heavy (non-hydrogen) atoms. The van der Waals surface area contributed by atoms with Gasteiger partial charge in [-0.2, -0.15) is 0 Å². The molecule has 0 amide bonds. The number of ketones is 1. The fourth-order valence-corrected chi connectivity index (χ4v) is 1.71. The van der Waals surface area contributed by atoms with Crippen molar-refractivity contribution in [3.05, 3.63) is 0 Å². The SMILES string of the molecule is CC(C)CC(=O)C(CN(C)C)CN(C)C. The van der Waals surface area contributed by atoms with Crippen molar-refractivity contribution in [3.63, 3.8) is 0 Å². The van der Waals surface area contributed by atoms with E-state index in [1.165, 1.54) is 0 Å². The molecule has 0 N–H and O–H groups in total. The topological polar surface area (TPSA) is 23.6 Å². The highest BCUT2D eigenvalue weighted by Gasteiger charge is 2.20. The van der Waals surface area contributed by atoms with Crippen LogP contribution in [-0.4, -0.2) is 56.9 Å². The average Bonchev–Trinajstić information content (AvgIpc) is 1.99. The Kier molecular flexibility index (Phi) is 6.77. The second-order valence-electron chi connectivity index (χ2n) is 5.29. The molecule has 0 fully saturated rings. The summed E-state index contributed by atoms with van der Waals surface area (Å²) in [6, 6.07) is 0. The van der Waals surface area contributed by atoms with Crippen LogP contribution in [0.25, 0.3) is 0 Å². The third kappa shape index (κ3) is 7.51. The minimum atomic E-state index is 0.150. The molecular weight excluding hydrogens is 188 g/mol. The molecule has 0 radical (unpaired) electrons. The van der Waals surface area contributed by atoms with Gasteiger partial charge in [0.25, 0.3) is 0 Å². The summed E-state index contributed by atoms with van der Waals surface area (Å²) in [6.45, 7) is 5.90. The van der Waals surface area contributed by atoms with Gasteiger partial charge in [0.05, 0.1) is 0 Å². The second kappa shape index (κ2) is 6.96. The van der Waals surface area contributed by atoms with Crippen molar-refractivity contribution in [2.24, 2.45) is 11.8 Å². The molecule has 0 saturated heterocycles. The monoisotopic (exact) mass is 214 g/mol. The van der Waals surface area contributed by atoms with Gasteiger partial charge in [-0.15, -0.1) is 0 Å². The van der Waals surface area contributed by atoms with Crippen LogP contribution in [-0.2, 0) is 4.79 Å². The lowest BCUT2D eigenvalue weighted by Crippen LogP contribution is -2.36. The summed E-state index contributed by atoms with van der Waals surface area (Å²) < 4.78 is 0. The van der Waals surface area contributed by atoms with Gasteiger partial charge in [0, 0.05) is 25.4 Å². The van der Waals surface area contributed by atoms with Crippen molar-refractivity contribution in [1.29, 1.82) is 0 Å². The molecular formula is C12H26N2O. The van der Waals surface area contributed by atoms with Crippen molar-refractivity contribution >= 4 is 5.78 Å². The molecule has 0 spiro atoms. The molecule has 0 atom stereocenters. The highest BCUT2D eigenvalue weighted by atomic mass is 16.1. The molecule has 0 aliphatic rings. The second-order valence-corrected chi connectivity index (χ2v) is 5.29. The molecule has 0 aliphatic heterocycles. The number of carbonyl (C=O) groups is 1. The van der Waals surface area contributed by atoms with Crippen molar-refractivity contribution in [2.45, 2.75) is 20.3 Å². The van der Waals surface area contributed by atoms with Crippen molar-refractivity contribution in [3.8, 4) is 0 Å². The van der Waals surface area contributed by atoms with Gasteiger partial charge in [-0.1, -0.05) is 13.8 Å². The maximum Gasteiger partial charge on any atom is 0.138 e. The fraction of sp³-hybridized carbons (Fsp3) is 0.917. The summed E-state index contributed by atoms with van der Waals surface area (Å²) >= 11 is 0. The normalized spacial score (nSPS) is 12.1. The zero-order valence-electron chi connectivity index (χ0n) is 11.1. The van der Waals surface area contributed by atoms with Crippen LogP contribution < -0.4 is 0 Å². The smallest absolute Gasteiger partial charge is 0.138 e. The zero-order valence-corrected chi connectivity index (χ0v) is 11.1. The summed E-state index contributed by atoms with van der Waals surface area (Å²) in [4.78, 5) is 16.2. The van der Waals surface area contributed by atoms with E-state index in [4.69, 9.17) is 0 Å². The Balaban J connectivity index is 4.27. The predicted octanol–water partition coefficient (Wildman–Crippen LogP) is 1.34. The Morgan fingerprint density at radius 3 is 1.67 bits per heavy atom. The van der Waals surface area contributed by atoms with Gasteiger partial charge in [-0.3, -0.25) is 4.79 Å². The molecule has 0 unspecified atom stereocenters. The third-order valence-corrected chi connectivity index (χ3v) is 2.24. The van der Waals surface area contributed by atoms with E-state index < -0.39 is 0 Å². The Labute approximate surface area is 94.4 Å². The first-order valence-corrected chi connectivity index (χ1v) is 5.65. The van der Waals surface area contributed by atoms with Gasteiger partial charge < -0.3 is 9.80 Å². The molecule has 0 heterocycles. The number of rotatable bonds is 7. The van der Waals surface area contributed by atoms with Gasteiger partial charge in [0.1, 0.15) is 5.78 Å². The van der Waals surface area contributed by atoms with Crippen LogP contribution in [0, 0.1) is 11.8 Å². The van der Waals surface area contributed by atoms with E-state index in [-0.39, 0.29) is 5.92 Å². The number of Topliss-reactive ketones (excluding diaryl/α,β-unsaturated/α-hetero) is 1. The molecule has 0 aromatic rings. The number of nitrogens with zero attached hydrogens (tertiary/aromatic N) is 2. The molecule has 90 valence electrons. The van der Waals surface area contributed by atoms with Crippen molar-refractivity contribution < 1.29 is 4.79 Å². The Morgan fingerprint density at radius 1 is 1.00 bits per heavy atom. The lowest BCUT2D eigenvalue weighted by atomic mass is 9.95. The lowest BCUT2D eigenvalue weighted by molar-refractivity contribution is -0.124. The Bertz CT molecular complexity index is 178. The first-order chi connectivity index (χ1) is 6.82. The van der Waals surface area contributed by atoms with E-state index in [2.05, 4.69) is 23.6 Å². The molecule has 0 aromatic heterocycles. The minimum Gasteiger partial charge on any atom is -0.309 e. The average molecular weight is 214 g/mol. The number of carbonyl (C=O) groups excluding carboxylic acids is 1. The summed E-state index contributed by atoms with van der Waals surface area (Å²) in [7, 11) is 8.08. The first kappa shape index (κ1) is 14.6. The summed E-state index contributed by atoms with van der Waals surface area (Å²) in [5, 5.41) is 0. The molecule has 0 saturated carbocycles. The van der Waals surface area contributed by atoms with Crippen LogP contribution in [0.5, 0.6) is 0 Å². The molecule has 0 bridgehead atoms. The molecule has 3 heteroatoms. The largest absolute Gasteiger partial charge is 0.309 e. The highest BCUT2D eigenvalue weighted by Crippen LogP contribution is 2.10. The maximum absolute atomic E-state index is 12.0. The highest BCUT2D eigenvalue weighted by molar-refractivity contribution is 5.81. The molecule has 0 aliphatic carbocycles. The molecule has 3 nitrogen and oxygen atoms in total. The first-order valence-electron chi connectivity index (χ1n) is 5.65. The van der Waals surface area contributed by atoms with E-state index >= 15 is 0 Å². The van der Waals surface area contributed by atoms with Crippen LogP contribution in [0.4, 0.5) is 0 Å². The standard InChI is InChI=1S/C12H26N2O/c1-10(2)7-12(15)11(8-13(3)4)9-14(5)6/h10-11H,7-9H2,1-6H3. The van der Waals surface area contributed by atoms with E-state index in [9.17, 15) is 4.79 Å². The fourth-order valence-electron chi connectivity index (χ4n) is 1.71. The van der Waals surface area contributed by atoms with E-state index in [1.807, 2.05) is 28.2 Å². The summed E-state index contributed by atoms with van der Waals surface area (Å²) in [5.74, 6) is 1.01. The van der Waals surface area contributed by atoms with Gasteiger partial charge in [0.2, 0.25) is 0 Å². The minimum absolute atomic E-state index is 0.150. The number of hydrogen-bond donors (Lipinski definition) is 0. The summed E-state index contributed by atoms with van der Waals surface area (Å²) in [6.07, 6.45) is 0.701. The van der Waals surface area contributed by atoms with Gasteiger partial charge in [-0.25, -0.2) is 0 Å². The van der Waals surface area contributed by atoms with E-state index in [1.54, 1.807) is 0 Å². The van der Waals surface area contributed by atoms with Crippen LogP contribution in [0.15, 0.2) is 0 Å². The van der Waals surface area contributed by atoms with Crippen LogP contribution in [0.3, 0.4) is 0 Å². The van der Waals surface area contributed by atoms with E-state index in [0.29, 0.717) is 18.1 Å². The Morgan fingerprint density at radius 2 is 1.40 bits per heavy atom. The zero-order chi connectivity index (χ0) is 12.0. The van der Waals surface area contributed by atoms with Gasteiger partial charge in [0.15, 0.2) is 0 Å². The predicted molar refractivity (Wildman–Crippen MR) is 65.1 cm³/mol. The maximum atomic E-state index is 12.0. The molecule has 0 aromatic carbocycles. The lowest BCUT2D eigenvalue weighted by Gasteiger charge is -2.23. The quantitative estimate of drug-likeness (QED) is 0.639. The van der Waals surface area contributed by atoms with Crippen LogP contribution >= 0.6 is 0 Å². The third-order valence-electron chi connectivity index (χ3n) is 2.24. The van der Waals surface area contributed by atoms with Gasteiger partial charge in [-0.05, 0) is 34.1 Å². The van der Waals surface area contributed by atoms with Crippen molar-refractivity contribution in [2.75, 3.05) is 41.3 Å². The Hall–Kier alpha value is -0.410. The van der Waals surface area contributed by atoms with Crippen LogP contribution in [0.2, 0.25) is 0 Å². The van der Waals surface area contributed by atoms with Crippen LogP contribution in [0.1, 0.15) is 20.3 Å². The van der Waals surface area contributed by atoms with E-state index in [0.717, 1.165) is 13.1 Å².